The third-order valence-corrected chi connectivity index (χ3v) is 11.7. The molecule has 0 aromatic carbocycles. The third-order valence-electron chi connectivity index (χ3n) is 11.7. The van der Waals surface area contributed by atoms with E-state index in [1.807, 2.05) is 0 Å². The fourth-order valence-corrected chi connectivity index (χ4v) is 10.0. The summed E-state index contributed by atoms with van der Waals surface area (Å²) >= 11 is 0. The number of carbonyl (C=O) groups is 2. The molecule has 5 rings (SSSR count). The van der Waals surface area contributed by atoms with Crippen LogP contribution in [-0.4, -0.2) is 18.9 Å². The van der Waals surface area contributed by atoms with E-state index in [2.05, 4.69) is 40.7 Å². The molecule has 0 N–H and O–H groups in total. The summed E-state index contributed by atoms with van der Waals surface area (Å²) in [6, 6.07) is 0. The Morgan fingerprint density at radius 1 is 1.07 bits per heavy atom. The molecule has 4 fully saturated rings. The molecule has 8 atom stereocenters. The molecule has 0 saturated heterocycles. The molecule has 5 aliphatic carbocycles. The van der Waals surface area contributed by atoms with Gasteiger partial charge in [-0.2, -0.15) is 0 Å². The number of ether oxygens (including phenoxy) is 1. The van der Waals surface area contributed by atoms with Crippen LogP contribution in [0, 0.1) is 51.2 Å². The lowest BCUT2D eigenvalue weighted by Crippen LogP contribution is -2.52. The molecule has 0 amide bonds. The highest BCUT2D eigenvalue weighted by molar-refractivity contribution is 5.98. The standard InChI is InChI=1S/C26H38O3/c1-16-10-11-26-17(2)25(26)13-12-24(5)18(6-7-20(24)21(28)14-29-15-27)19(25)8-9-22(26)23(16,3)4/h7,15-19,22H,6,8-14H2,1-5H3. The first-order valence-electron chi connectivity index (χ1n) is 12.0. The number of Topliss-reactive ketones (excluding diaryl/α,β-unsaturated/α-hetero) is 1. The Hall–Kier alpha value is -1.12. The zero-order valence-corrected chi connectivity index (χ0v) is 18.9. The van der Waals surface area contributed by atoms with Gasteiger partial charge in [0, 0.05) is 5.57 Å². The van der Waals surface area contributed by atoms with Gasteiger partial charge in [-0.1, -0.05) is 40.7 Å². The Balaban J connectivity index is 1.46. The minimum absolute atomic E-state index is 0.0208. The average molecular weight is 399 g/mol. The lowest BCUT2D eigenvalue weighted by atomic mass is 9.45. The van der Waals surface area contributed by atoms with Crippen LogP contribution in [0.2, 0.25) is 0 Å². The summed E-state index contributed by atoms with van der Waals surface area (Å²) in [4.78, 5) is 23.3. The van der Waals surface area contributed by atoms with Gasteiger partial charge in [-0.3, -0.25) is 9.59 Å². The van der Waals surface area contributed by atoms with Crippen molar-refractivity contribution in [2.24, 2.45) is 51.2 Å². The number of hydrogen-bond acceptors (Lipinski definition) is 3. The zero-order valence-electron chi connectivity index (χ0n) is 18.9. The van der Waals surface area contributed by atoms with Crippen LogP contribution < -0.4 is 0 Å². The summed E-state index contributed by atoms with van der Waals surface area (Å²) in [6.07, 6.45) is 11.2. The van der Waals surface area contributed by atoms with Gasteiger partial charge < -0.3 is 4.74 Å². The van der Waals surface area contributed by atoms with E-state index in [-0.39, 0.29) is 17.8 Å². The normalized spacial score (nSPS) is 51.6. The topological polar surface area (TPSA) is 43.4 Å². The van der Waals surface area contributed by atoms with E-state index in [9.17, 15) is 9.59 Å². The molecule has 0 bridgehead atoms. The van der Waals surface area contributed by atoms with Gasteiger partial charge in [-0.05, 0) is 96.2 Å². The summed E-state index contributed by atoms with van der Waals surface area (Å²) in [5, 5.41) is 0. The molecule has 0 aliphatic heterocycles. The number of hydrogen-bond donors (Lipinski definition) is 0. The number of ketones is 1. The highest BCUT2D eigenvalue weighted by atomic mass is 16.5. The molecule has 0 aromatic rings. The van der Waals surface area contributed by atoms with Gasteiger partial charge in [0.2, 0.25) is 0 Å². The van der Waals surface area contributed by atoms with Crippen LogP contribution in [-0.2, 0) is 14.3 Å². The van der Waals surface area contributed by atoms with Crippen LogP contribution in [0.1, 0.15) is 79.6 Å². The Kier molecular flexibility index (Phi) is 4.09. The van der Waals surface area contributed by atoms with Crippen molar-refractivity contribution < 1.29 is 14.3 Å². The molecule has 4 saturated carbocycles. The first-order chi connectivity index (χ1) is 13.7. The number of fused-ring (bicyclic) bond motifs is 2. The quantitative estimate of drug-likeness (QED) is 0.581. The smallest absolute Gasteiger partial charge is 0.293 e. The predicted octanol–water partition coefficient (Wildman–Crippen LogP) is 5.58. The van der Waals surface area contributed by atoms with Crippen molar-refractivity contribution in [2.45, 2.75) is 79.6 Å². The Morgan fingerprint density at radius 3 is 2.55 bits per heavy atom. The lowest BCUT2D eigenvalue weighted by molar-refractivity contribution is -0.136. The van der Waals surface area contributed by atoms with E-state index in [1.54, 1.807) is 0 Å². The van der Waals surface area contributed by atoms with E-state index >= 15 is 0 Å². The molecule has 0 heterocycles. The molecule has 8 unspecified atom stereocenters. The summed E-state index contributed by atoms with van der Waals surface area (Å²) in [7, 11) is 0. The van der Waals surface area contributed by atoms with Gasteiger partial charge in [0.1, 0.15) is 0 Å². The van der Waals surface area contributed by atoms with Crippen LogP contribution in [0.3, 0.4) is 0 Å². The highest BCUT2D eigenvalue weighted by Crippen LogP contribution is 2.89. The van der Waals surface area contributed by atoms with Crippen molar-refractivity contribution in [3.05, 3.63) is 11.6 Å². The number of rotatable bonds is 4. The average Bonchev–Trinajstić information content (AvgIpc) is 3.01. The number of allylic oxidation sites excluding steroid dienone is 1. The van der Waals surface area contributed by atoms with Gasteiger partial charge in [-0.15, -0.1) is 0 Å². The third kappa shape index (κ3) is 2.11. The van der Waals surface area contributed by atoms with Crippen LogP contribution in [0.25, 0.3) is 0 Å². The van der Waals surface area contributed by atoms with Crippen molar-refractivity contribution in [3.8, 4) is 0 Å². The molecular weight excluding hydrogens is 360 g/mol. The Bertz CT molecular complexity index is 781. The summed E-state index contributed by atoms with van der Waals surface area (Å²) in [5.74, 6) is 3.90. The number of carbonyl (C=O) groups excluding carboxylic acids is 2. The highest BCUT2D eigenvalue weighted by Gasteiger charge is 2.83. The summed E-state index contributed by atoms with van der Waals surface area (Å²) < 4.78 is 4.82. The maximum atomic E-state index is 12.8. The van der Waals surface area contributed by atoms with Crippen molar-refractivity contribution >= 4 is 12.3 Å². The summed E-state index contributed by atoms with van der Waals surface area (Å²) in [6.45, 7) is 12.8. The fraction of sp³-hybridized carbons (Fsp3) is 0.846. The summed E-state index contributed by atoms with van der Waals surface area (Å²) in [5.41, 5.74) is 2.46. The van der Waals surface area contributed by atoms with Crippen molar-refractivity contribution in [1.82, 2.24) is 0 Å². The minimum atomic E-state index is -0.0953. The van der Waals surface area contributed by atoms with E-state index in [1.165, 1.54) is 32.1 Å². The maximum Gasteiger partial charge on any atom is 0.293 e. The fourth-order valence-electron chi connectivity index (χ4n) is 10.0. The van der Waals surface area contributed by atoms with Crippen molar-refractivity contribution in [2.75, 3.05) is 6.61 Å². The van der Waals surface area contributed by atoms with Crippen LogP contribution in [0.15, 0.2) is 11.6 Å². The molecule has 3 nitrogen and oxygen atoms in total. The maximum absolute atomic E-state index is 12.8. The van der Waals surface area contributed by atoms with Crippen molar-refractivity contribution in [1.29, 1.82) is 0 Å². The van der Waals surface area contributed by atoms with E-state index < -0.39 is 0 Å². The Morgan fingerprint density at radius 2 is 1.83 bits per heavy atom. The van der Waals surface area contributed by atoms with Gasteiger partial charge >= 0.3 is 0 Å². The first kappa shape index (κ1) is 19.8. The van der Waals surface area contributed by atoms with Gasteiger partial charge in [0.05, 0.1) is 0 Å². The lowest BCUT2D eigenvalue weighted by Gasteiger charge is -2.59. The molecule has 0 radical (unpaired) electrons. The molecule has 2 spiro atoms. The van der Waals surface area contributed by atoms with E-state index in [0.717, 1.165) is 42.1 Å². The molecular formula is C26H38O3. The van der Waals surface area contributed by atoms with Gasteiger partial charge in [0.15, 0.2) is 12.4 Å². The molecule has 29 heavy (non-hydrogen) atoms. The Labute approximate surface area is 176 Å². The van der Waals surface area contributed by atoms with Gasteiger partial charge in [-0.25, -0.2) is 0 Å². The van der Waals surface area contributed by atoms with Crippen molar-refractivity contribution in [3.63, 3.8) is 0 Å². The zero-order chi connectivity index (χ0) is 20.8. The minimum Gasteiger partial charge on any atom is -0.460 e. The van der Waals surface area contributed by atoms with E-state index in [0.29, 0.717) is 28.6 Å². The van der Waals surface area contributed by atoms with E-state index in [4.69, 9.17) is 4.74 Å². The second kappa shape index (κ2) is 5.98. The molecule has 160 valence electrons. The molecule has 3 heteroatoms. The second-order valence-electron chi connectivity index (χ2n) is 12.0. The SMILES string of the molecule is CC1CCC23C(CCC4C5CC=C(C(=O)COC=O)C5(C)CCC42C3C)C1(C)C. The second-order valence-corrected chi connectivity index (χ2v) is 12.0. The largest absolute Gasteiger partial charge is 0.460 e. The van der Waals surface area contributed by atoms with Crippen LogP contribution >= 0.6 is 0 Å². The van der Waals surface area contributed by atoms with Crippen LogP contribution in [0.4, 0.5) is 0 Å². The predicted molar refractivity (Wildman–Crippen MR) is 113 cm³/mol. The van der Waals surface area contributed by atoms with Crippen LogP contribution in [0.5, 0.6) is 0 Å². The van der Waals surface area contributed by atoms with Gasteiger partial charge in [0.25, 0.3) is 6.47 Å². The molecule has 5 aliphatic rings. The monoisotopic (exact) mass is 398 g/mol. The molecule has 0 aromatic heterocycles. The first-order valence-corrected chi connectivity index (χ1v) is 12.0.